The largest absolute Gasteiger partial charge is 0.325 e. The summed E-state index contributed by atoms with van der Waals surface area (Å²) < 4.78 is 0. The van der Waals surface area contributed by atoms with E-state index in [1.54, 1.807) is 0 Å². The van der Waals surface area contributed by atoms with E-state index in [2.05, 4.69) is 29.4 Å². The lowest BCUT2D eigenvalue weighted by atomic mass is 9.91. The van der Waals surface area contributed by atoms with Gasteiger partial charge in [-0.1, -0.05) is 31.5 Å². The van der Waals surface area contributed by atoms with Crippen molar-refractivity contribution in [2.75, 3.05) is 18.4 Å². The van der Waals surface area contributed by atoms with Crippen molar-refractivity contribution in [2.24, 2.45) is 11.8 Å². The molecule has 1 saturated heterocycles. The van der Waals surface area contributed by atoms with Crippen LogP contribution in [0, 0.1) is 25.7 Å². The van der Waals surface area contributed by atoms with Gasteiger partial charge in [0.1, 0.15) is 0 Å². The predicted molar refractivity (Wildman–Crippen MR) is 97.1 cm³/mol. The highest BCUT2D eigenvalue weighted by Gasteiger charge is 2.29. The molecule has 3 unspecified atom stereocenters. The van der Waals surface area contributed by atoms with Gasteiger partial charge in [-0.15, -0.1) is 0 Å². The van der Waals surface area contributed by atoms with Crippen LogP contribution in [0.5, 0.6) is 0 Å². The summed E-state index contributed by atoms with van der Waals surface area (Å²) in [5.41, 5.74) is 2.83. The molecule has 0 saturated carbocycles. The molecule has 0 radical (unpaired) electrons. The van der Waals surface area contributed by atoms with Gasteiger partial charge in [0.2, 0.25) is 5.91 Å². The zero-order valence-corrected chi connectivity index (χ0v) is 15.3. The minimum Gasteiger partial charge on any atom is -0.307 e. The van der Waals surface area contributed by atoms with Gasteiger partial charge < -0.3 is 5.32 Å². The second kappa shape index (κ2) is 7.79. The highest BCUT2D eigenvalue weighted by atomic mass is 16.2. The number of benzene rings is 1. The summed E-state index contributed by atoms with van der Waals surface area (Å²) in [6, 6.07) is 5.00. The molecule has 5 heteroatoms. The summed E-state index contributed by atoms with van der Waals surface area (Å²) in [5.74, 6) is 0.902. The van der Waals surface area contributed by atoms with Crippen LogP contribution in [0.25, 0.3) is 0 Å². The molecular weight excluding hydrogens is 302 g/mol. The Hall–Kier alpha value is -1.88. The lowest BCUT2D eigenvalue weighted by Crippen LogP contribution is -2.52. The summed E-state index contributed by atoms with van der Waals surface area (Å²) in [6.07, 6.45) is 1.19. The Bertz CT molecular complexity index is 605. The van der Waals surface area contributed by atoms with Crippen molar-refractivity contribution in [3.63, 3.8) is 0 Å². The van der Waals surface area contributed by atoms with Crippen LogP contribution in [0.15, 0.2) is 18.2 Å². The Labute approximate surface area is 144 Å². The van der Waals surface area contributed by atoms with Crippen LogP contribution in [0.3, 0.4) is 0 Å². The second-order valence-corrected chi connectivity index (χ2v) is 7.34. The Balaban J connectivity index is 1.92. The maximum absolute atomic E-state index is 12.4. The molecule has 3 atom stereocenters. The summed E-state index contributed by atoms with van der Waals surface area (Å²) >= 11 is 0. The van der Waals surface area contributed by atoms with Crippen molar-refractivity contribution >= 4 is 17.6 Å². The SMILES string of the molecule is Cc1ccc(NC(=O)NC(=O)C(C)N2CC(C)CC(C)C2)c(C)c1. The van der Waals surface area contributed by atoms with Gasteiger partial charge in [0.15, 0.2) is 0 Å². The van der Waals surface area contributed by atoms with Crippen LogP contribution in [-0.4, -0.2) is 36.0 Å². The lowest BCUT2D eigenvalue weighted by molar-refractivity contribution is -0.125. The number of nitrogens with zero attached hydrogens (tertiary/aromatic N) is 1. The molecule has 1 aliphatic rings. The number of likely N-dealkylation sites (tertiary alicyclic amines) is 1. The number of urea groups is 1. The van der Waals surface area contributed by atoms with Crippen molar-refractivity contribution in [3.05, 3.63) is 29.3 Å². The van der Waals surface area contributed by atoms with Gasteiger partial charge >= 0.3 is 6.03 Å². The molecule has 0 aromatic heterocycles. The van der Waals surface area contributed by atoms with Crippen LogP contribution in [0.1, 0.15) is 38.3 Å². The van der Waals surface area contributed by atoms with Crippen LogP contribution in [0.4, 0.5) is 10.5 Å². The van der Waals surface area contributed by atoms with Gasteiger partial charge in [-0.2, -0.15) is 0 Å². The van der Waals surface area contributed by atoms with Crippen LogP contribution < -0.4 is 10.6 Å². The molecule has 1 heterocycles. The second-order valence-electron chi connectivity index (χ2n) is 7.34. The predicted octanol–water partition coefficient (Wildman–Crippen LogP) is 3.32. The van der Waals surface area contributed by atoms with E-state index in [4.69, 9.17) is 0 Å². The maximum atomic E-state index is 12.4. The first-order valence-corrected chi connectivity index (χ1v) is 8.69. The first-order chi connectivity index (χ1) is 11.3. The van der Waals surface area contributed by atoms with Gasteiger partial charge in [0, 0.05) is 18.8 Å². The van der Waals surface area contributed by atoms with Crippen molar-refractivity contribution in [2.45, 2.75) is 47.1 Å². The van der Waals surface area contributed by atoms with E-state index in [0.717, 1.165) is 29.9 Å². The Morgan fingerprint density at radius 1 is 1.17 bits per heavy atom. The first kappa shape index (κ1) is 18.5. The Kier molecular flexibility index (Phi) is 5.99. The molecule has 2 N–H and O–H groups in total. The highest BCUT2D eigenvalue weighted by Crippen LogP contribution is 2.22. The van der Waals surface area contributed by atoms with E-state index in [1.165, 1.54) is 6.42 Å². The first-order valence-electron chi connectivity index (χ1n) is 8.69. The molecule has 1 fully saturated rings. The van der Waals surface area contributed by atoms with Gasteiger partial charge in [0.05, 0.1) is 6.04 Å². The summed E-state index contributed by atoms with van der Waals surface area (Å²) in [6.45, 7) is 12.0. The van der Waals surface area contributed by atoms with Crippen molar-refractivity contribution in [1.29, 1.82) is 0 Å². The highest BCUT2D eigenvalue weighted by molar-refractivity contribution is 6.03. The van der Waals surface area contributed by atoms with E-state index < -0.39 is 6.03 Å². The van der Waals surface area contributed by atoms with Gasteiger partial charge in [-0.05, 0) is 50.7 Å². The van der Waals surface area contributed by atoms with Gasteiger partial charge in [0.25, 0.3) is 0 Å². The minimum absolute atomic E-state index is 0.251. The van der Waals surface area contributed by atoms with Gasteiger partial charge in [-0.3, -0.25) is 15.0 Å². The van der Waals surface area contributed by atoms with E-state index in [0.29, 0.717) is 11.8 Å². The summed E-state index contributed by atoms with van der Waals surface area (Å²) in [4.78, 5) is 26.7. The zero-order valence-electron chi connectivity index (χ0n) is 15.3. The topological polar surface area (TPSA) is 61.4 Å². The number of imide groups is 1. The molecule has 2 rings (SSSR count). The Morgan fingerprint density at radius 3 is 2.38 bits per heavy atom. The van der Waals surface area contributed by atoms with Crippen LogP contribution in [0.2, 0.25) is 0 Å². The maximum Gasteiger partial charge on any atom is 0.325 e. The van der Waals surface area contributed by atoms with E-state index >= 15 is 0 Å². The quantitative estimate of drug-likeness (QED) is 0.893. The number of amides is 3. The number of nitrogens with one attached hydrogen (secondary N) is 2. The number of hydrogen-bond donors (Lipinski definition) is 2. The third-order valence-corrected chi connectivity index (χ3v) is 4.69. The normalized spacial score (nSPS) is 22.7. The molecular formula is C19H29N3O2. The third-order valence-electron chi connectivity index (χ3n) is 4.69. The smallest absolute Gasteiger partial charge is 0.307 e. The average molecular weight is 331 g/mol. The molecule has 1 aromatic rings. The number of rotatable bonds is 3. The Morgan fingerprint density at radius 2 is 1.79 bits per heavy atom. The number of aryl methyl sites for hydroxylation is 2. The number of carbonyl (C=O) groups is 2. The molecule has 132 valence electrons. The van der Waals surface area contributed by atoms with E-state index in [9.17, 15) is 9.59 Å². The summed E-state index contributed by atoms with van der Waals surface area (Å²) in [7, 11) is 0. The van der Waals surface area contributed by atoms with Crippen molar-refractivity contribution < 1.29 is 9.59 Å². The number of piperidine rings is 1. The number of carbonyl (C=O) groups excluding carboxylic acids is 2. The lowest BCUT2D eigenvalue weighted by Gasteiger charge is -2.37. The van der Waals surface area contributed by atoms with Gasteiger partial charge in [-0.25, -0.2) is 4.79 Å². The molecule has 1 aromatic carbocycles. The summed E-state index contributed by atoms with van der Waals surface area (Å²) in [5, 5.41) is 5.22. The molecule has 0 bridgehead atoms. The average Bonchev–Trinajstić information content (AvgIpc) is 2.48. The fourth-order valence-corrected chi connectivity index (χ4v) is 3.52. The fraction of sp³-hybridized carbons (Fsp3) is 0.579. The molecule has 5 nitrogen and oxygen atoms in total. The van der Waals surface area contributed by atoms with E-state index in [1.807, 2.05) is 39.0 Å². The standard InChI is InChI=1S/C19H29N3O2/c1-12-6-7-17(15(4)9-12)20-19(24)21-18(23)16(5)22-10-13(2)8-14(3)11-22/h6-7,9,13-14,16H,8,10-11H2,1-5H3,(H2,20,21,23,24). The van der Waals surface area contributed by atoms with E-state index in [-0.39, 0.29) is 11.9 Å². The fourth-order valence-electron chi connectivity index (χ4n) is 3.52. The van der Waals surface area contributed by atoms with Crippen molar-refractivity contribution in [1.82, 2.24) is 10.2 Å². The molecule has 24 heavy (non-hydrogen) atoms. The van der Waals surface area contributed by atoms with Crippen LogP contribution >= 0.6 is 0 Å². The monoisotopic (exact) mass is 331 g/mol. The molecule has 3 amide bonds. The molecule has 0 spiro atoms. The number of hydrogen-bond acceptors (Lipinski definition) is 3. The third kappa shape index (κ3) is 4.81. The van der Waals surface area contributed by atoms with Crippen molar-refractivity contribution in [3.8, 4) is 0 Å². The zero-order chi connectivity index (χ0) is 17.9. The molecule has 0 aliphatic carbocycles. The molecule has 1 aliphatic heterocycles. The minimum atomic E-state index is -0.475. The van der Waals surface area contributed by atoms with Crippen LogP contribution in [-0.2, 0) is 4.79 Å². The number of anilines is 1.